The summed E-state index contributed by atoms with van der Waals surface area (Å²) in [7, 11) is 0. The van der Waals surface area contributed by atoms with Gasteiger partial charge in [0, 0.05) is 5.70 Å². The van der Waals surface area contributed by atoms with E-state index in [1.807, 2.05) is 6.08 Å². The van der Waals surface area contributed by atoms with Crippen LogP contribution in [0.3, 0.4) is 0 Å². The van der Waals surface area contributed by atoms with E-state index in [0.29, 0.717) is 0 Å². The van der Waals surface area contributed by atoms with Crippen molar-refractivity contribution in [3.63, 3.8) is 0 Å². The van der Waals surface area contributed by atoms with E-state index in [1.165, 1.54) is 6.42 Å². The van der Waals surface area contributed by atoms with Gasteiger partial charge in [-0.25, -0.2) is 4.99 Å². The molecule has 1 rings (SSSR count). The van der Waals surface area contributed by atoms with E-state index >= 15 is 0 Å². The average molecular weight is 93.1 g/mol. The Hall–Kier alpha value is -0.590. The molecule has 0 bridgehead atoms. The molecule has 0 heterocycles. The molecule has 0 aliphatic heterocycles. The molecule has 0 saturated heterocycles. The second kappa shape index (κ2) is 1.92. The Kier molecular flexibility index (Phi) is 1.25. The summed E-state index contributed by atoms with van der Waals surface area (Å²) in [5.74, 6) is 0. The molecule has 0 aromatic rings. The second-order valence-corrected chi connectivity index (χ2v) is 1.70. The summed E-state index contributed by atoms with van der Waals surface area (Å²) in [4.78, 5) is 3.30. The number of nitrogens with zero attached hydrogens (tertiary/aromatic N) is 1. The molecular weight excluding hydrogens is 86.1 g/mol. The fourth-order valence-corrected chi connectivity index (χ4v) is 0.755. The van der Waals surface area contributed by atoms with Crippen LogP contribution >= 0.6 is 0 Å². The highest BCUT2D eigenvalue weighted by Crippen LogP contribution is 2.16. The van der Waals surface area contributed by atoms with Crippen molar-refractivity contribution in [3.8, 4) is 0 Å². The molecular formula is C6H7N. The molecule has 0 fully saturated rings. The van der Waals surface area contributed by atoms with Crippen molar-refractivity contribution in [2.24, 2.45) is 4.99 Å². The zero-order valence-electron chi connectivity index (χ0n) is 4.15. The molecule has 0 amide bonds. The van der Waals surface area contributed by atoms with Crippen LogP contribution in [0.2, 0.25) is 0 Å². The van der Waals surface area contributed by atoms with Gasteiger partial charge in [0.1, 0.15) is 6.72 Å². The third-order valence-corrected chi connectivity index (χ3v) is 1.16. The van der Waals surface area contributed by atoms with Crippen molar-refractivity contribution < 1.29 is 0 Å². The average Bonchev–Trinajstić information content (AvgIpc) is 2.14. The lowest BCUT2D eigenvalue weighted by molar-refractivity contribution is 0.902. The Balaban J connectivity index is 2.51. The van der Waals surface area contributed by atoms with Crippen LogP contribution in [-0.4, -0.2) is 6.72 Å². The van der Waals surface area contributed by atoms with Crippen molar-refractivity contribution in [1.82, 2.24) is 0 Å². The quantitative estimate of drug-likeness (QED) is 0.436. The molecule has 7 heavy (non-hydrogen) atoms. The van der Waals surface area contributed by atoms with Crippen LogP contribution in [-0.2, 0) is 0 Å². The van der Waals surface area contributed by atoms with Crippen LogP contribution < -0.4 is 0 Å². The number of hydrogen-bond acceptors (Lipinski definition) is 1. The summed E-state index contributed by atoms with van der Waals surface area (Å²) in [6.45, 7) is 6.56. The first kappa shape index (κ1) is 4.57. The van der Waals surface area contributed by atoms with E-state index in [9.17, 15) is 0 Å². The molecule has 0 aromatic heterocycles. The molecule has 0 spiro atoms. The van der Waals surface area contributed by atoms with Gasteiger partial charge in [0.25, 0.3) is 0 Å². The topological polar surface area (TPSA) is 12.4 Å². The van der Waals surface area contributed by atoms with Crippen LogP contribution in [0.15, 0.2) is 16.8 Å². The Morgan fingerprint density at radius 1 is 1.71 bits per heavy atom. The molecule has 1 nitrogen and oxygen atoms in total. The smallest absolute Gasteiger partial charge is 0.119 e. The highest BCUT2D eigenvalue weighted by atomic mass is 14.7. The summed E-state index contributed by atoms with van der Waals surface area (Å²) in [6, 6.07) is 0. The summed E-state index contributed by atoms with van der Waals surface area (Å²) in [5, 5.41) is 0. The number of rotatable bonds is 1. The van der Waals surface area contributed by atoms with Crippen molar-refractivity contribution in [3.05, 3.63) is 11.8 Å². The molecule has 1 heteroatoms. The minimum atomic E-state index is 0.958. The van der Waals surface area contributed by atoms with Gasteiger partial charge in [-0.2, -0.15) is 0 Å². The lowest BCUT2D eigenvalue weighted by atomic mass is 10.3. The minimum absolute atomic E-state index is 0.958. The van der Waals surface area contributed by atoms with Gasteiger partial charge in [-0.3, -0.25) is 0 Å². The lowest BCUT2D eigenvalue weighted by Crippen LogP contribution is -1.64. The summed E-state index contributed by atoms with van der Waals surface area (Å²) in [6.07, 6.45) is 5.35. The third kappa shape index (κ3) is 0.889. The maximum Gasteiger partial charge on any atom is 0.119 e. The zero-order valence-corrected chi connectivity index (χ0v) is 4.15. The van der Waals surface area contributed by atoms with Gasteiger partial charge >= 0.3 is 0 Å². The Morgan fingerprint density at radius 3 is 2.86 bits per heavy atom. The van der Waals surface area contributed by atoms with E-state index in [2.05, 4.69) is 4.99 Å². The van der Waals surface area contributed by atoms with E-state index in [4.69, 9.17) is 6.72 Å². The second-order valence-electron chi connectivity index (χ2n) is 1.70. The first-order chi connectivity index (χ1) is 3.43. The van der Waals surface area contributed by atoms with Crippen LogP contribution in [0.4, 0.5) is 0 Å². The molecule has 0 atom stereocenters. The lowest BCUT2D eigenvalue weighted by Gasteiger charge is -1.82. The predicted octanol–water partition coefficient (Wildman–Crippen LogP) is 1.51. The number of allylic oxidation sites excluding steroid dienone is 2. The first-order valence-corrected chi connectivity index (χ1v) is 2.50. The summed E-state index contributed by atoms with van der Waals surface area (Å²) < 4.78 is 0. The van der Waals surface area contributed by atoms with Crippen molar-refractivity contribution in [1.29, 1.82) is 0 Å². The minimum Gasteiger partial charge on any atom is -0.249 e. The van der Waals surface area contributed by atoms with Gasteiger partial charge in [-0.15, -0.1) is 0 Å². The maximum absolute atomic E-state index is 6.56. The fraction of sp³-hybridized carbons (Fsp3) is 0.500. The largest absolute Gasteiger partial charge is 0.249 e. The third-order valence-electron chi connectivity index (χ3n) is 1.16. The Morgan fingerprint density at radius 2 is 2.57 bits per heavy atom. The summed E-state index contributed by atoms with van der Waals surface area (Å²) in [5.41, 5.74) is 0.958. The summed E-state index contributed by atoms with van der Waals surface area (Å²) >= 11 is 0. The van der Waals surface area contributed by atoms with Gasteiger partial charge in [0.05, 0.1) is 0 Å². The van der Waals surface area contributed by atoms with Gasteiger partial charge in [-0.05, 0) is 19.3 Å². The van der Waals surface area contributed by atoms with Crippen LogP contribution in [0, 0.1) is 0 Å². The molecule has 1 aliphatic rings. The van der Waals surface area contributed by atoms with E-state index in [0.717, 1.165) is 18.5 Å². The normalized spacial score (nSPS) is 19.1. The molecule has 36 valence electrons. The highest BCUT2D eigenvalue weighted by Gasteiger charge is 1.99. The Labute approximate surface area is 43.8 Å². The molecule has 1 aliphatic carbocycles. The van der Waals surface area contributed by atoms with Gasteiger partial charge in [0.15, 0.2) is 0 Å². The van der Waals surface area contributed by atoms with Crippen LogP contribution in [0.1, 0.15) is 19.3 Å². The molecule has 0 saturated carbocycles. The van der Waals surface area contributed by atoms with Gasteiger partial charge in [0.2, 0.25) is 0 Å². The van der Waals surface area contributed by atoms with E-state index in [1.54, 1.807) is 0 Å². The highest BCUT2D eigenvalue weighted by molar-refractivity contribution is 5.29. The van der Waals surface area contributed by atoms with Crippen LogP contribution in [0.5, 0.6) is 0 Å². The van der Waals surface area contributed by atoms with Crippen molar-refractivity contribution in [2.75, 3.05) is 0 Å². The van der Waals surface area contributed by atoms with Crippen molar-refractivity contribution >= 4 is 6.72 Å². The Bertz CT molecular complexity index is 103. The van der Waals surface area contributed by atoms with Gasteiger partial charge < -0.3 is 0 Å². The fourth-order valence-electron chi connectivity index (χ4n) is 0.755. The van der Waals surface area contributed by atoms with E-state index in [-0.39, 0.29) is 0 Å². The SMILES string of the molecule is C1=C(N=[C:1])CCC1. The molecule has 2 radical (unpaired) electrons. The molecule has 0 aromatic carbocycles. The van der Waals surface area contributed by atoms with Gasteiger partial charge in [-0.1, -0.05) is 6.08 Å². The maximum atomic E-state index is 6.56. The monoisotopic (exact) mass is 93.1 g/mol. The van der Waals surface area contributed by atoms with E-state index < -0.39 is 0 Å². The molecule has 0 unspecified atom stereocenters. The zero-order chi connectivity index (χ0) is 5.11. The van der Waals surface area contributed by atoms with Crippen molar-refractivity contribution in [2.45, 2.75) is 19.3 Å². The number of aliphatic imine (C=N–C) groups is 1. The first-order valence-electron chi connectivity index (χ1n) is 2.50. The number of hydrogen-bond donors (Lipinski definition) is 0. The predicted molar refractivity (Wildman–Crippen MR) is 29.4 cm³/mol. The standard InChI is InChI=1S/C6H7N/c1-7-6-4-2-3-5-6/h4H,2-3,5H2. The van der Waals surface area contributed by atoms with Crippen LogP contribution in [0.25, 0.3) is 0 Å². The molecule has 0 N–H and O–H groups in total.